The van der Waals surface area contributed by atoms with Gasteiger partial charge in [-0.3, -0.25) is 4.79 Å². The Morgan fingerprint density at radius 2 is 1.75 bits per heavy atom. The second-order valence-corrected chi connectivity index (χ2v) is 5.98. The molecular weight excluding hydrogens is 332 g/mol. The topological polar surface area (TPSA) is 78.7 Å². The molecule has 1 aromatic carbocycles. The Morgan fingerprint density at radius 1 is 1.12 bits per heavy atom. The van der Waals surface area contributed by atoms with Gasteiger partial charge in [0.2, 0.25) is 0 Å². The lowest BCUT2D eigenvalue weighted by Crippen LogP contribution is -2.51. The van der Waals surface area contributed by atoms with Crippen molar-refractivity contribution in [3.63, 3.8) is 0 Å². The first-order valence-electron chi connectivity index (χ1n) is 7.57. The maximum absolute atomic E-state index is 12.3. The molecule has 1 aromatic heterocycles. The maximum Gasteiger partial charge on any atom is 0.321 e. The lowest BCUT2D eigenvalue weighted by molar-refractivity contribution is 0.0661. The highest BCUT2D eigenvalue weighted by atomic mass is 35.5. The van der Waals surface area contributed by atoms with Crippen LogP contribution < -0.4 is 5.32 Å². The van der Waals surface area contributed by atoms with Crippen molar-refractivity contribution in [2.75, 3.05) is 31.5 Å². The van der Waals surface area contributed by atoms with Gasteiger partial charge in [0.1, 0.15) is 5.76 Å². The summed E-state index contributed by atoms with van der Waals surface area (Å²) >= 11 is 5.82. The summed E-state index contributed by atoms with van der Waals surface area (Å²) in [5.74, 6) is 0.420. The first kappa shape index (κ1) is 16.3. The summed E-state index contributed by atoms with van der Waals surface area (Å²) in [7, 11) is 0. The summed E-state index contributed by atoms with van der Waals surface area (Å²) in [6, 6.07) is 8.34. The molecule has 2 aromatic rings. The largest absolute Gasteiger partial charge is 0.361 e. The molecule has 1 saturated heterocycles. The van der Waals surface area contributed by atoms with E-state index in [4.69, 9.17) is 16.1 Å². The predicted octanol–water partition coefficient (Wildman–Crippen LogP) is 2.63. The smallest absolute Gasteiger partial charge is 0.321 e. The number of amides is 3. The molecule has 0 atom stereocenters. The number of piperazine rings is 1. The SMILES string of the molecule is Cc1cc(C(=O)N2CCN(C(=O)Nc3ccc(Cl)cc3)CC2)no1. The molecule has 7 nitrogen and oxygen atoms in total. The molecule has 3 amide bonds. The van der Waals surface area contributed by atoms with Crippen LogP contribution in [0, 0.1) is 6.92 Å². The number of carbonyl (C=O) groups is 2. The molecule has 0 aliphatic carbocycles. The van der Waals surface area contributed by atoms with Gasteiger partial charge in [-0.05, 0) is 31.2 Å². The van der Waals surface area contributed by atoms with E-state index >= 15 is 0 Å². The van der Waals surface area contributed by atoms with Crippen LogP contribution in [0.3, 0.4) is 0 Å². The molecule has 0 saturated carbocycles. The van der Waals surface area contributed by atoms with Crippen molar-refractivity contribution in [3.8, 4) is 0 Å². The van der Waals surface area contributed by atoms with E-state index in [1.54, 1.807) is 47.1 Å². The molecule has 1 N–H and O–H groups in total. The van der Waals surface area contributed by atoms with Crippen LogP contribution in [0.1, 0.15) is 16.2 Å². The van der Waals surface area contributed by atoms with E-state index < -0.39 is 0 Å². The Hall–Kier alpha value is -2.54. The van der Waals surface area contributed by atoms with Gasteiger partial charge >= 0.3 is 6.03 Å². The third kappa shape index (κ3) is 3.68. The Bertz CT molecular complexity index is 736. The quantitative estimate of drug-likeness (QED) is 0.904. The van der Waals surface area contributed by atoms with Gasteiger partial charge in [0.15, 0.2) is 5.69 Å². The van der Waals surface area contributed by atoms with Crippen LogP contribution in [-0.4, -0.2) is 53.1 Å². The first-order chi connectivity index (χ1) is 11.5. The molecule has 3 rings (SSSR count). The van der Waals surface area contributed by atoms with E-state index in [-0.39, 0.29) is 11.9 Å². The molecule has 0 unspecified atom stereocenters. The zero-order chi connectivity index (χ0) is 17.1. The number of urea groups is 1. The average molecular weight is 349 g/mol. The first-order valence-corrected chi connectivity index (χ1v) is 7.95. The van der Waals surface area contributed by atoms with Gasteiger partial charge in [-0.15, -0.1) is 0 Å². The van der Waals surface area contributed by atoms with E-state index in [1.165, 1.54) is 0 Å². The highest BCUT2D eigenvalue weighted by molar-refractivity contribution is 6.30. The summed E-state index contributed by atoms with van der Waals surface area (Å²) in [5, 5.41) is 7.17. The van der Waals surface area contributed by atoms with E-state index in [2.05, 4.69) is 10.5 Å². The summed E-state index contributed by atoms with van der Waals surface area (Å²) in [4.78, 5) is 27.9. The molecule has 2 heterocycles. The maximum atomic E-state index is 12.3. The van der Waals surface area contributed by atoms with Crippen molar-refractivity contribution < 1.29 is 14.1 Å². The van der Waals surface area contributed by atoms with Gasteiger partial charge in [0.25, 0.3) is 5.91 Å². The molecule has 1 aliphatic rings. The molecule has 0 radical (unpaired) electrons. The molecule has 0 bridgehead atoms. The van der Waals surface area contributed by atoms with Crippen LogP contribution in [0.15, 0.2) is 34.9 Å². The molecule has 1 aliphatic heterocycles. The van der Waals surface area contributed by atoms with Gasteiger partial charge in [-0.25, -0.2) is 4.79 Å². The number of aryl methyl sites for hydroxylation is 1. The number of aromatic nitrogens is 1. The molecule has 1 fully saturated rings. The zero-order valence-corrected chi connectivity index (χ0v) is 13.9. The number of nitrogens with zero attached hydrogens (tertiary/aromatic N) is 3. The molecule has 8 heteroatoms. The Labute approximate surface area is 144 Å². The summed E-state index contributed by atoms with van der Waals surface area (Å²) in [6.45, 7) is 3.57. The number of rotatable bonds is 2. The lowest BCUT2D eigenvalue weighted by Gasteiger charge is -2.34. The van der Waals surface area contributed by atoms with Crippen LogP contribution in [0.5, 0.6) is 0 Å². The zero-order valence-electron chi connectivity index (χ0n) is 13.2. The summed E-state index contributed by atoms with van der Waals surface area (Å²) < 4.78 is 4.93. The van der Waals surface area contributed by atoms with E-state index in [1.807, 2.05) is 0 Å². The fraction of sp³-hybridized carbons (Fsp3) is 0.312. The van der Waals surface area contributed by atoms with Crippen molar-refractivity contribution in [1.29, 1.82) is 0 Å². The predicted molar refractivity (Wildman–Crippen MR) is 89.2 cm³/mol. The van der Waals surface area contributed by atoms with Crippen LogP contribution in [-0.2, 0) is 0 Å². The minimum absolute atomic E-state index is 0.176. The van der Waals surface area contributed by atoms with Crippen molar-refractivity contribution in [1.82, 2.24) is 15.0 Å². The third-order valence-electron chi connectivity index (χ3n) is 3.80. The fourth-order valence-electron chi connectivity index (χ4n) is 2.48. The standard InChI is InChI=1S/C16H17ClN4O3/c1-11-10-14(19-24-11)15(22)20-6-8-21(9-7-20)16(23)18-13-4-2-12(17)3-5-13/h2-5,10H,6-9H2,1H3,(H,18,23). The Kier molecular flexibility index (Phi) is 4.71. The van der Waals surface area contributed by atoms with Crippen LogP contribution in [0.4, 0.5) is 10.5 Å². The molecule has 126 valence electrons. The second-order valence-electron chi connectivity index (χ2n) is 5.54. The van der Waals surface area contributed by atoms with Gasteiger partial charge in [-0.1, -0.05) is 16.8 Å². The fourth-order valence-corrected chi connectivity index (χ4v) is 2.60. The number of hydrogen-bond acceptors (Lipinski definition) is 4. The molecular formula is C16H17ClN4O3. The number of carbonyl (C=O) groups excluding carboxylic acids is 2. The molecule has 24 heavy (non-hydrogen) atoms. The van der Waals surface area contributed by atoms with E-state index in [0.29, 0.717) is 48.3 Å². The van der Waals surface area contributed by atoms with Crippen LogP contribution in [0.25, 0.3) is 0 Å². The number of benzene rings is 1. The minimum Gasteiger partial charge on any atom is -0.361 e. The number of nitrogens with one attached hydrogen (secondary N) is 1. The second kappa shape index (κ2) is 6.92. The Morgan fingerprint density at radius 3 is 2.33 bits per heavy atom. The van der Waals surface area contributed by atoms with Crippen molar-refractivity contribution in [2.24, 2.45) is 0 Å². The van der Waals surface area contributed by atoms with Gasteiger partial charge in [0.05, 0.1) is 0 Å². The summed E-state index contributed by atoms with van der Waals surface area (Å²) in [6.07, 6.45) is 0. The minimum atomic E-state index is -0.193. The normalized spacial score (nSPS) is 14.6. The van der Waals surface area contributed by atoms with Crippen molar-refractivity contribution in [2.45, 2.75) is 6.92 Å². The van der Waals surface area contributed by atoms with Crippen molar-refractivity contribution in [3.05, 3.63) is 46.8 Å². The monoisotopic (exact) mass is 348 g/mol. The summed E-state index contributed by atoms with van der Waals surface area (Å²) in [5.41, 5.74) is 0.979. The van der Waals surface area contributed by atoms with Gasteiger partial charge < -0.3 is 19.6 Å². The van der Waals surface area contributed by atoms with E-state index in [9.17, 15) is 9.59 Å². The Balaban J connectivity index is 1.53. The average Bonchev–Trinajstić information content (AvgIpc) is 3.03. The van der Waals surface area contributed by atoms with Crippen LogP contribution in [0.2, 0.25) is 5.02 Å². The number of halogens is 1. The number of hydrogen-bond donors (Lipinski definition) is 1. The lowest BCUT2D eigenvalue weighted by atomic mass is 10.2. The van der Waals surface area contributed by atoms with Gasteiger partial charge in [-0.2, -0.15) is 0 Å². The van der Waals surface area contributed by atoms with E-state index in [0.717, 1.165) is 0 Å². The highest BCUT2D eigenvalue weighted by Crippen LogP contribution is 2.15. The van der Waals surface area contributed by atoms with Gasteiger partial charge in [0, 0.05) is 43.0 Å². The van der Waals surface area contributed by atoms with Crippen LogP contribution >= 0.6 is 11.6 Å². The third-order valence-corrected chi connectivity index (χ3v) is 4.05. The number of anilines is 1. The highest BCUT2D eigenvalue weighted by Gasteiger charge is 2.26. The molecule has 0 spiro atoms. The van der Waals surface area contributed by atoms with Crippen molar-refractivity contribution >= 4 is 29.2 Å².